The van der Waals surface area contributed by atoms with Gasteiger partial charge in [0.25, 0.3) is 0 Å². The highest BCUT2D eigenvalue weighted by Crippen LogP contribution is 2.32. The van der Waals surface area contributed by atoms with Gasteiger partial charge in [0, 0.05) is 0 Å². The SMILES string of the molecule is O=C(O)C(CO)NC(=O)C(Cc1ccc(-c2ccccc2)cc1)NCP(=O)(O)O.c1ccc2c(c1)C2. The Bertz CT molecular complexity index is 1190. The fourth-order valence-electron chi connectivity index (χ4n) is 3.48. The summed E-state index contributed by atoms with van der Waals surface area (Å²) in [6.07, 6.45) is 0.565. The Morgan fingerprint density at radius 1 is 0.833 bits per heavy atom. The fraction of sp³-hybridized carbons (Fsp3) is 0.231. The third-order valence-electron chi connectivity index (χ3n) is 5.53. The molecule has 1 aliphatic rings. The Kier molecular flexibility index (Phi) is 9.52. The molecule has 0 saturated heterocycles. The Morgan fingerprint density at radius 3 is 1.89 bits per heavy atom. The van der Waals surface area contributed by atoms with E-state index in [1.807, 2.05) is 42.5 Å². The summed E-state index contributed by atoms with van der Waals surface area (Å²) in [5, 5.41) is 22.7. The number of hydrogen-bond donors (Lipinski definition) is 6. The monoisotopic (exact) mass is 512 g/mol. The van der Waals surface area contributed by atoms with Gasteiger partial charge in [-0.1, -0.05) is 78.9 Å². The molecule has 1 amide bonds. The van der Waals surface area contributed by atoms with E-state index in [1.54, 1.807) is 12.1 Å². The Balaban J connectivity index is 0.000000433. The van der Waals surface area contributed by atoms with Gasteiger partial charge in [0.2, 0.25) is 5.91 Å². The van der Waals surface area contributed by atoms with Crippen molar-refractivity contribution in [1.29, 1.82) is 0 Å². The average molecular weight is 512 g/mol. The molecule has 1 aliphatic carbocycles. The number of fused-ring (bicyclic) bond motifs is 1. The first-order chi connectivity index (χ1) is 17.2. The number of carboxylic acid groups (broad SMARTS) is 1. The molecule has 6 N–H and O–H groups in total. The molecule has 9 nitrogen and oxygen atoms in total. The lowest BCUT2D eigenvalue weighted by Gasteiger charge is -2.21. The van der Waals surface area contributed by atoms with Crippen LogP contribution in [0.1, 0.15) is 16.7 Å². The molecule has 0 fully saturated rings. The lowest BCUT2D eigenvalue weighted by Crippen LogP contribution is -2.52. The van der Waals surface area contributed by atoms with Gasteiger partial charge in [-0.05, 0) is 40.7 Å². The van der Waals surface area contributed by atoms with E-state index in [2.05, 4.69) is 34.9 Å². The molecule has 36 heavy (non-hydrogen) atoms. The van der Waals surface area contributed by atoms with Crippen LogP contribution in [0.2, 0.25) is 0 Å². The molecular formula is C26H29N2O7P. The molecule has 0 heterocycles. The van der Waals surface area contributed by atoms with Crippen molar-refractivity contribution in [1.82, 2.24) is 10.6 Å². The third-order valence-corrected chi connectivity index (χ3v) is 6.13. The highest BCUT2D eigenvalue weighted by Gasteiger charge is 2.27. The summed E-state index contributed by atoms with van der Waals surface area (Å²) in [6, 6.07) is 22.8. The minimum absolute atomic E-state index is 0.0681. The van der Waals surface area contributed by atoms with Gasteiger partial charge >= 0.3 is 13.6 Å². The minimum Gasteiger partial charge on any atom is -0.480 e. The number of carboxylic acids is 1. The summed E-state index contributed by atoms with van der Waals surface area (Å²) < 4.78 is 11.2. The van der Waals surface area contributed by atoms with Crippen molar-refractivity contribution in [3.05, 3.63) is 95.6 Å². The molecule has 190 valence electrons. The number of hydrogen-bond acceptors (Lipinski definition) is 5. The van der Waals surface area contributed by atoms with Crippen LogP contribution in [0.5, 0.6) is 0 Å². The highest BCUT2D eigenvalue weighted by atomic mass is 31.2. The van der Waals surface area contributed by atoms with E-state index in [1.165, 1.54) is 17.5 Å². The van der Waals surface area contributed by atoms with E-state index in [-0.39, 0.29) is 6.42 Å². The van der Waals surface area contributed by atoms with Crippen LogP contribution in [-0.2, 0) is 27.0 Å². The van der Waals surface area contributed by atoms with E-state index in [0.717, 1.165) is 11.1 Å². The molecule has 10 heteroatoms. The van der Waals surface area contributed by atoms with E-state index >= 15 is 0 Å². The number of carbonyl (C=O) groups excluding carboxylic acids is 1. The molecule has 0 saturated carbocycles. The number of aliphatic hydroxyl groups excluding tert-OH is 1. The fourth-order valence-corrected chi connectivity index (χ4v) is 3.94. The molecule has 0 aliphatic heterocycles. The number of rotatable bonds is 10. The second kappa shape index (κ2) is 12.6. The lowest BCUT2D eigenvalue weighted by molar-refractivity contribution is -0.143. The molecule has 2 unspecified atom stereocenters. The Morgan fingerprint density at radius 2 is 1.39 bits per heavy atom. The summed E-state index contributed by atoms with van der Waals surface area (Å²) in [7, 11) is -4.43. The summed E-state index contributed by atoms with van der Waals surface area (Å²) in [5.41, 5.74) is 5.74. The zero-order chi connectivity index (χ0) is 26.1. The molecule has 0 radical (unpaired) electrons. The maximum absolute atomic E-state index is 12.4. The first-order valence-corrected chi connectivity index (χ1v) is 13.1. The van der Waals surface area contributed by atoms with E-state index in [0.29, 0.717) is 5.56 Å². The third kappa shape index (κ3) is 8.71. The van der Waals surface area contributed by atoms with Crippen LogP contribution in [0.4, 0.5) is 0 Å². The largest absolute Gasteiger partial charge is 0.480 e. The van der Waals surface area contributed by atoms with Gasteiger partial charge in [-0.2, -0.15) is 0 Å². The van der Waals surface area contributed by atoms with Crippen LogP contribution < -0.4 is 10.6 Å². The van der Waals surface area contributed by atoms with Crippen LogP contribution in [0, 0.1) is 0 Å². The summed E-state index contributed by atoms with van der Waals surface area (Å²) in [5.74, 6) is -2.20. The first-order valence-electron chi connectivity index (χ1n) is 11.3. The van der Waals surface area contributed by atoms with Crippen molar-refractivity contribution in [2.45, 2.75) is 24.9 Å². The summed E-state index contributed by atoms with van der Waals surface area (Å²) in [6.45, 7) is -0.807. The topological polar surface area (TPSA) is 156 Å². The number of amides is 1. The lowest BCUT2D eigenvalue weighted by atomic mass is 10.0. The van der Waals surface area contributed by atoms with Crippen molar-refractivity contribution in [3.63, 3.8) is 0 Å². The van der Waals surface area contributed by atoms with E-state index < -0.39 is 44.4 Å². The van der Waals surface area contributed by atoms with Crippen LogP contribution in [0.3, 0.4) is 0 Å². The van der Waals surface area contributed by atoms with Gasteiger partial charge in [-0.25, -0.2) is 4.79 Å². The van der Waals surface area contributed by atoms with Gasteiger partial charge in [0.05, 0.1) is 18.9 Å². The van der Waals surface area contributed by atoms with Gasteiger partial charge in [-0.3, -0.25) is 14.7 Å². The Labute approximate surface area is 209 Å². The van der Waals surface area contributed by atoms with Gasteiger partial charge in [0.1, 0.15) is 6.04 Å². The number of aliphatic hydroxyl groups is 1. The van der Waals surface area contributed by atoms with Gasteiger partial charge in [0.15, 0.2) is 0 Å². The highest BCUT2D eigenvalue weighted by molar-refractivity contribution is 7.51. The smallest absolute Gasteiger partial charge is 0.339 e. The van der Waals surface area contributed by atoms with Crippen LogP contribution in [-0.4, -0.2) is 56.9 Å². The zero-order valence-electron chi connectivity index (χ0n) is 19.4. The number of benzene rings is 3. The summed E-state index contributed by atoms with van der Waals surface area (Å²) in [4.78, 5) is 41.6. The molecule has 0 bridgehead atoms. The number of aliphatic carboxylic acids is 1. The van der Waals surface area contributed by atoms with E-state index in [4.69, 9.17) is 20.0 Å². The second-order valence-corrected chi connectivity index (χ2v) is 10.0. The average Bonchev–Trinajstić information content (AvgIpc) is 3.65. The predicted molar refractivity (Wildman–Crippen MR) is 135 cm³/mol. The maximum Gasteiger partial charge on any atom is 0.339 e. The molecular weight excluding hydrogens is 483 g/mol. The maximum atomic E-state index is 12.4. The molecule has 0 spiro atoms. The van der Waals surface area contributed by atoms with Crippen molar-refractivity contribution >= 4 is 19.5 Å². The van der Waals surface area contributed by atoms with Crippen LogP contribution in [0.15, 0.2) is 78.9 Å². The van der Waals surface area contributed by atoms with Crippen molar-refractivity contribution in [2.24, 2.45) is 0 Å². The van der Waals surface area contributed by atoms with Crippen molar-refractivity contribution in [2.75, 3.05) is 12.9 Å². The van der Waals surface area contributed by atoms with Crippen molar-refractivity contribution < 1.29 is 34.2 Å². The second-order valence-electron chi connectivity index (χ2n) is 8.37. The number of nitrogens with one attached hydrogen (secondary N) is 2. The first kappa shape index (κ1) is 27.3. The Hall–Kier alpha value is -3.33. The molecule has 4 rings (SSSR count). The molecule has 0 aromatic heterocycles. The molecule has 3 aromatic rings. The molecule has 3 aromatic carbocycles. The van der Waals surface area contributed by atoms with Crippen LogP contribution >= 0.6 is 7.60 Å². The predicted octanol–water partition coefficient (Wildman–Crippen LogP) is 2.14. The number of carbonyl (C=O) groups is 2. The van der Waals surface area contributed by atoms with Crippen molar-refractivity contribution in [3.8, 4) is 11.1 Å². The van der Waals surface area contributed by atoms with Crippen LogP contribution in [0.25, 0.3) is 11.1 Å². The summed E-state index contributed by atoms with van der Waals surface area (Å²) >= 11 is 0. The zero-order valence-corrected chi connectivity index (χ0v) is 20.3. The standard InChI is InChI=1S/C19H23N2O7P.C7H6/c22-11-17(19(24)25)21-18(23)16(20-12-29(26,27)28)10-13-6-8-15(9-7-13)14-4-2-1-3-5-14;1-2-4-7-5-6(7)3-1/h1-9,16-17,20,22H,10-12H2,(H,21,23)(H,24,25)(H2,26,27,28);1-4H,5H2. The normalized spacial score (nSPS) is 13.4. The van der Waals surface area contributed by atoms with Gasteiger partial charge in [-0.15, -0.1) is 0 Å². The minimum atomic E-state index is -4.43. The molecule has 2 atom stereocenters. The van der Waals surface area contributed by atoms with E-state index in [9.17, 15) is 14.2 Å². The quantitative estimate of drug-likeness (QED) is 0.177. The van der Waals surface area contributed by atoms with Gasteiger partial charge < -0.3 is 25.3 Å².